The highest BCUT2D eigenvalue weighted by Gasteiger charge is 2.46. The first-order chi connectivity index (χ1) is 13.3. The Morgan fingerprint density at radius 1 is 1.32 bits per heavy atom. The van der Waals surface area contributed by atoms with Gasteiger partial charge in [0.05, 0.1) is 10.3 Å². The number of aliphatic hydroxyl groups excluding tert-OH is 1. The molecule has 144 valence electrons. The Morgan fingerprint density at radius 3 is 2.71 bits per heavy atom. The number of amides is 1. The van der Waals surface area contributed by atoms with Crippen LogP contribution < -0.4 is 4.90 Å². The van der Waals surface area contributed by atoms with Gasteiger partial charge in [-0.1, -0.05) is 31.3 Å². The molecule has 3 heterocycles. The number of fused-ring (bicyclic) bond motifs is 1. The van der Waals surface area contributed by atoms with E-state index in [9.17, 15) is 23.5 Å². The number of aliphatic hydroxyl groups is 1. The van der Waals surface area contributed by atoms with Crippen LogP contribution in [0, 0.1) is 17.6 Å². The zero-order valence-corrected chi connectivity index (χ0v) is 16.4. The zero-order chi connectivity index (χ0) is 20.2. The van der Waals surface area contributed by atoms with Crippen molar-refractivity contribution in [3.63, 3.8) is 0 Å². The first-order valence-electron chi connectivity index (χ1n) is 8.39. The van der Waals surface area contributed by atoms with Crippen LogP contribution in [0.1, 0.15) is 24.8 Å². The Hall–Kier alpha value is -2.65. The summed E-state index contributed by atoms with van der Waals surface area (Å²) in [6.45, 7) is 3.36. The van der Waals surface area contributed by atoms with Crippen LogP contribution in [-0.4, -0.2) is 21.8 Å². The van der Waals surface area contributed by atoms with Crippen molar-refractivity contribution >= 4 is 49.7 Å². The largest absolute Gasteiger partial charge is 0.503 e. The zero-order valence-electron chi connectivity index (χ0n) is 14.8. The topological polar surface area (TPSA) is 70.5 Å². The number of hydrogen-bond donors (Lipinski definition) is 1. The van der Waals surface area contributed by atoms with E-state index in [1.165, 1.54) is 16.2 Å². The monoisotopic (exact) mass is 420 g/mol. The minimum absolute atomic E-state index is 0.00615. The van der Waals surface area contributed by atoms with E-state index >= 15 is 0 Å². The summed E-state index contributed by atoms with van der Waals surface area (Å²) in [6.07, 6.45) is 0. The summed E-state index contributed by atoms with van der Waals surface area (Å²) in [5.74, 6) is -3.81. The molecule has 3 aromatic rings. The van der Waals surface area contributed by atoms with Crippen molar-refractivity contribution in [2.45, 2.75) is 19.9 Å². The van der Waals surface area contributed by atoms with Crippen LogP contribution in [0.5, 0.6) is 0 Å². The average molecular weight is 420 g/mol. The summed E-state index contributed by atoms with van der Waals surface area (Å²) in [6, 6.07) is 4.50. The second-order valence-electron chi connectivity index (χ2n) is 6.61. The molecule has 0 spiro atoms. The van der Waals surface area contributed by atoms with Crippen molar-refractivity contribution in [1.29, 1.82) is 0 Å². The van der Waals surface area contributed by atoms with Crippen molar-refractivity contribution in [2.75, 3.05) is 4.90 Å². The lowest BCUT2D eigenvalue weighted by atomic mass is 9.95. The van der Waals surface area contributed by atoms with Crippen molar-refractivity contribution in [3.05, 3.63) is 57.5 Å². The van der Waals surface area contributed by atoms with Gasteiger partial charge in [0.2, 0.25) is 0 Å². The van der Waals surface area contributed by atoms with E-state index in [4.69, 9.17) is 0 Å². The number of anilines is 1. The number of nitrogens with zero attached hydrogens (tertiary/aromatic N) is 2. The summed E-state index contributed by atoms with van der Waals surface area (Å²) in [7, 11) is 0. The molecule has 1 aromatic carbocycles. The molecule has 0 bridgehead atoms. The Labute approximate surface area is 166 Å². The van der Waals surface area contributed by atoms with Gasteiger partial charge in [0.15, 0.2) is 22.5 Å². The van der Waals surface area contributed by atoms with Crippen LogP contribution in [0.2, 0.25) is 0 Å². The summed E-state index contributed by atoms with van der Waals surface area (Å²) in [5, 5.41) is 12.3. The molecule has 5 nitrogen and oxygen atoms in total. The minimum atomic E-state index is -0.865. The number of thiazole rings is 1. The molecule has 0 radical (unpaired) electrons. The van der Waals surface area contributed by atoms with Crippen LogP contribution in [0.25, 0.3) is 10.2 Å². The number of halogens is 2. The second-order valence-corrected chi connectivity index (χ2v) is 8.59. The number of carbonyl (C=O) groups is 2. The van der Waals surface area contributed by atoms with Crippen LogP contribution in [0.15, 0.2) is 41.0 Å². The molecular formula is C19H14F2N2O3S2. The van der Waals surface area contributed by atoms with E-state index in [0.717, 1.165) is 23.5 Å². The molecule has 28 heavy (non-hydrogen) atoms. The van der Waals surface area contributed by atoms with Gasteiger partial charge in [-0.3, -0.25) is 14.5 Å². The lowest BCUT2D eigenvalue weighted by Gasteiger charge is -2.23. The molecule has 0 aliphatic carbocycles. The molecule has 1 aliphatic rings. The van der Waals surface area contributed by atoms with Crippen molar-refractivity contribution in [3.8, 4) is 0 Å². The first-order valence-corrected chi connectivity index (χ1v) is 10.1. The highest BCUT2D eigenvalue weighted by molar-refractivity contribution is 7.22. The van der Waals surface area contributed by atoms with Gasteiger partial charge >= 0.3 is 0 Å². The SMILES string of the molecule is CC(C)C(=O)C1=C(O)C(=O)N(c2nc3c(F)cc(F)cc3s2)C1c1cccs1. The fraction of sp³-hybridized carbons (Fsp3) is 0.211. The number of benzene rings is 1. The van der Waals surface area contributed by atoms with Crippen LogP contribution in [0.3, 0.4) is 0 Å². The highest BCUT2D eigenvalue weighted by Crippen LogP contribution is 2.45. The van der Waals surface area contributed by atoms with Gasteiger partial charge in [0.25, 0.3) is 5.91 Å². The molecule has 1 N–H and O–H groups in total. The summed E-state index contributed by atoms with van der Waals surface area (Å²) < 4.78 is 27.9. The molecule has 9 heteroatoms. The van der Waals surface area contributed by atoms with Crippen LogP contribution in [-0.2, 0) is 9.59 Å². The van der Waals surface area contributed by atoms with E-state index in [2.05, 4.69) is 4.98 Å². The third-order valence-electron chi connectivity index (χ3n) is 4.42. The van der Waals surface area contributed by atoms with Gasteiger partial charge in [0.1, 0.15) is 17.4 Å². The average Bonchev–Trinajstić information content (AvgIpc) is 3.33. The maximum absolute atomic E-state index is 14.1. The standard InChI is InChI=1S/C19H14F2N2O3S2/c1-8(2)16(24)13-15(11-4-3-5-27-11)23(18(26)17(13)25)19-22-14-10(21)6-9(20)7-12(14)28-19/h3-8,15,25H,1-2H3. The fourth-order valence-corrected chi connectivity index (χ4v) is 4.98. The maximum Gasteiger partial charge on any atom is 0.296 e. The number of thiophene rings is 1. The van der Waals surface area contributed by atoms with Crippen LogP contribution in [0.4, 0.5) is 13.9 Å². The lowest BCUT2D eigenvalue weighted by Crippen LogP contribution is -2.30. The van der Waals surface area contributed by atoms with Crippen molar-refractivity contribution in [1.82, 2.24) is 4.98 Å². The molecule has 0 saturated carbocycles. The molecule has 0 fully saturated rings. The Morgan fingerprint density at radius 2 is 2.07 bits per heavy atom. The van der Waals surface area contributed by atoms with Gasteiger partial charge in [-0.25, -0.2) is 13.8 Å². The number of carbonyl (C=O) groups excluding carboxylic acids is 2. The van der Waals surface area contributed by atoms with Crippen molar-refractivity contribution in [2.24, 2.45) is 5.92 Å². The second kappa shape index (κ2) is 6.75. The molecular weight excluding hydrogens is 406 g/mol. The summed E-state index contributed by atoms with van der Waals surface area (Å²) in [5.41, 5.74) is -0.0735. The number of aromatic nitrogens is 1. The van der Waals surface area contributed by atoms with E-state index in [1.54, 1.807) is 31.4 Å². The molecule has 2 aromatic heterocycles. The summed E-state index contributed by atoms with van der Waals surface area (Å²) in [4.78, 5) is 31.6. The quantitative estimate of drug-likeness (QED) is 0.661. The number of hydrogen-bond acceptors (Lipinski definition) is 6. The number of Topliss-reactive ketones (excluding diaryl/α,β-unsaturated/α-hetero) is 1. The van der Waals surface area contributed by atoms with Gasteiger partial charge in [-0.2, -0.15) is 0 Å². The lowest BCUT2D eigenvalue weighted by molar-refractivity contribution is -0.119. The smallest absolute Gasteiger partial charge is 0.296 e. The molecule has 1 unspecified atom stereocenters. The highest BCUT2D eigenvalue weighted by atomic mass is 32.1. The van der Waals surface area contributed by atoms with Gasteiger partial charge < -0.3 is 5.11 Å². The normalized spacial score (nSPS) is 17.4. The van der Waals surface area contributed by atoms with E-state index in [-0.39, 0.29) is 26.7 Å². The van der Waals surface area contributed by atoms with E-state index in [0.29, 0.717) is 4.88 Å². The predicted molar refractivity (Wildman–Crippen MR) is 104 cm³/mol. The molecule has 1 aliphatic heterocycles. The molecule has 1 amide bonds. The predicted octanol–water partition coefficient (Wildman–Crippen LogP) is 4.76. The van der Waals surface area contributed by atoms with Gasteiger partial charge in [0, 0.05) is 16.9 Å². The number of rotatable bonds is 4. The van der Waals surface area contributed by atoms with Crippen LogP contribution >= 0.6 is 22.7 Å². The Bertz CT molecular complexity index is 1140. The minimum Gasteiger partial charge on any atom is -0.503 e. The molecule has 1 atom stereocenters. The van der Waals surface area contributed by atoms with Crippen molar-refractivity contribution < 1.29 is 23.5 Å². The third-order valence-corrected chi connectivity index (χ3v) is 6.35. The first kappa shape index (κ1) is 18.7. The Balaban J connectivity index is 1.90. The summed E-state index contributed by atoms with van der Waals surface area (Å²) >= 11 is 2.24. The fourth-order valence-electron chi connectivity index (χ4n) is 3.13. The number of ketones is 1. The van der Waals surface area contributed by atoms with Gasteiger partial charge in [-0.05, 0) is 17.5 Å². The molecule has 4 rings (SSSR count). The third kappa shape index (κ3) is 2.82. The Kier molecular flexibility index (Phi) is 4.51. The van der Waals surface area contributed by atoms with E-state index < -0.39 is 35.3 Å². The van der Waals surface area contributed by atoms with E-state index in [1.807, 2.05) is 0 Å². The molecule has 0 saturated heterocycles. The van der Waals surface area contributed by atoms with Gasteiger partial charge in [-0.15, -0.1) is 11.3 Å². The maximum atomic E-state index is 14.1.